The molecular formula is C9H19N3O3. The van der Waals surface area contributed by atoms with Gasteiger partial charge in [0.1, 0.15) is 6.04 Å². The molecule has 0 unspecified atom stereocenters. The predicted molar refractivity (Wildman–Crippen MR) is 55.7 cm³/mol. The molecule has 4 N–H and O–H groups in total. The van der Waals surface area contributed by atoms with Crippen molar-refractivity contribution in [2.45, 2.75) is 33.2 Å². The van der Waals surface area contributed by atoms with E-state index < -0.39 is 18.0 Å². The molecule has 0 aromatic heterocycles. The second-order valence-electron chi connectivity index (χ2n) is 3.56. The van der Waals surface area contributed by atoms with E-state index in [0.29, 0.717) is 6.42 Å². The second-order valence-corrected chi connectivity index (χ2v) is 3.56. The van der Waals surface area contributed by atoms with Crippen molar-refractivity contribution in [3.05, 3.63) is 0 Å². The highest BCUT2D eigenvalue weighted by atomic mass is 16.5. The van der Waals surface area contributed by atoms with E-state index in [-0.39, 0.29) is 12.5 Å². The molecule has 88 valence electrons. The van der Waals surface area contributed by atoms with Crippen molar-refractivity contribution >= 4 is 12.0 Å². The van der Waals surface area contributed by atoms with E-state index in [0.717, 1.165) is 0 Å². The number of nitrogens with one attached hydrogen (secondary N) is 2. The summed E-state index contributed by atoms with van der Waals surface area (Å²) < 4.78 is 4.68. The third kappa shape index (κ3) is 5.90. The zero-order valence-electron chi connectivity index (χ0n) is 9.37. The minimum Gasteiger partial charge on any atom is -0.450 e. The largest absolute Gasteiger partial charge is 0.450 e. The lowest BCUT2D eigenvalue weighted by Crippen LogP contribution is -2.49. The van der Waals surface area contributed by atoms with Gasteiger partial charge in [-0.2, -0.15) is 0 Å². The molecule has 2 amide bonds. The molecule has 0 saturated heterocycles. The third-order valence-corrected chi connectivity index (χ3v) is 1.73. The topological polar surface area (TPSA) is 93.4 Å². The van der Waals surface area contributed by atoms with Crippen molar-refractivity contribution in [1.29, 1.82) is 0 Å². The SMILES string of the molecule is CCOC(=O)N[C@@H](CC(C)C)C(=O)NN. The molecule has 6 heteroatoms. The molecule has 0 bridgehead atoms. The van der Waals surface area contributed by atoms with Crippen molar-refractivity contribution in [2.24, 2.45) is 11.8 Å². The van der Waals surface area contributed by atoms with E-state index in [1.54, 1.807) is 6.92 Å². The molecule has 0 heterocycles. The summed E-state index contributed by atoms with van der Waals surface area (Å²) in [5.41, 5.74) is 2.01. The van der Waals surface area contributed by atoms with E-state index in [2.05, 4.69) is 10.1 Å². The number of nitrogens with two attached hydrogens (primary N) is 1. The van der Waals surface area contributed by atoms with Gasteiger partial charge in [-0.15, -0.1) is 0 Å². The van der Waals surface area contributed by atoms with Gasteiger partial charge in [0.15, 0.2) is 0 Å². The van der Waals surface area contributed by atoms with E-state index in [1.165, 1.54) is 0 Å². The Morgan fingerprint density at radius 3 is 2.40 bits per heavy atom. The standard InChI is InChI=1S/C9H19N3O3/c1-4-15-9(14)11-7(5-6(2)3)8(13)12-10/h6-7H,4-5,10H2,1-3H3,(H,11,14)(H,12,13)/t7-/m0/s1. The van der Waals surface area contributed by atoms with Crippen LogP contribution in [-0.2, 0) is 9.53 Å². The van der Waals surface area contributed by atoms with Crippen LogP contribution in [-0.4, -0.2) is 24.6 Å². The smallest absolute Gasteiger partial charge is 0.407 e. The Morgan fingerprint density at radius 1 is 1.40 bits per heavy atom. The average Bonchev–Trinajstić information content (AvgIpc) is 2.15. The number of alkyl carbamates (subject to hydrolysis) is 1. The van der Waals surface area contributed by atoms with Crippen LogP contribution < -0.4 is 16.6 Å². The Hall–Kier alpha value is -1.30. The maximum absolute atomic E-state index is 11.3. The van der Waals surface area contributed by atoms with Crippen LogP contribution >= 0.6 is 0 Å². The van der Waals surface area contributed by atoms with E-state index in [4.69, 9.17) is 5.84 Å². The Kier molecular flexibility index (Phi) is 6.44. The summed E-state index contributed by atoms with van der Waals surface area (Å²) in [6, 6.07) is -0.644. The molecule has 0 radical (unpaired) electrons. The maximum atomic E-state index is 11.3. The van der Waals surface area contributed by atoms with Crippen molar-refractivity contribution < 1.29 is 14.3 Å². The Bertz CT molecular complexity index is 219. The third-order valence-electron chi connectivity index (χ3n) is 1.73. The predicted octanol–water partition coefficient (Wildman–Crippen LogP) is 0.137. The van der Waals surface area contributed by atoms with Crippen molar-refractivity contribution in [3.8, 4) is 0 Å². The highest BCUT2D eigenvalue weighted by Gasteiger charge is 2.21. The van der Waals surface area contributed by atoms with E-state index in [9.17, 15) is 9.59 Å². The van der Waals surface area contributed by atoms with Crippen molar-refractivity contribution in [3.63, 3.8) is 0 Å². The molecule has 0 saturated carbocycles. The first-order valence-corrected chi connectivity index (χ1v) is 4.95. The monoisotopic (exact) mass is 217 g/mol. The highest BCUT2D eigenvalue weighted by Crippen LogP contribution is 2.04. The molecule has 6 nitrogen and oxygen atoms in total. The molecule has 15 heavy (non-hydrogen) atoms. The second kappa shape index (κ2) is 7.05. The maximum Gasteiger partial charge on any atom is 0.407 e. The van der Waals surface area contributed by atoms with Gasteiger partial charge in [0.2, 0.25) is 0 Å². The highest BCUT2D eigenvalue weighted by molar-refractivity contribution is 5.85. The number of hydrogen-bond donors (Lipinski definition) is 3. The Balaban J connectivity index is 4.24. The average molecular weight is 217 g/mol. The van der Waals surface area contributed by atoms with Gasteiger partial charge in [0.05, 0.1) is 6.61 Å². The van der Waals surface area contributed by atoms with Crippen LogP contribution in [0, 0.1) is 5.92 Å². The van der Waals surface area contributed by atoms with Gasteiger partial charge in [-0.05, 0) is 19.3 Å². The molecule has 0 aliphatic rings. The fourth-order valence-corrected chi connectivity index (χ4v) is 1.12. The van der Waals surface area contributed by atoms with Gasteiger partial charge in [-0.25, -0.2) is 10.6 Å². The first kappa shape index (κ1) is 13.7. The summed E-state index contributed by atoms with van der Waals surface area (Å²) in [6.07, 6.45) is -0.0891. The molecule has 0 aliphatic carbocycles. The zero-order chi connectivity index (χ0) is 11.8. The summed E-state index contributed by atoms with van der Waals surface area (Å²) in [7, 11) is 0. The lowest BCUT2D eigenvalue weighted by molar-refractivity contribution is -0.123. The van der Waals surface area contributed by atoms with Gasteiger partial charge in [0.25, 0.3) is 5.91 Å². The number of amides is 2. The zero-order valence-corrected chi connectivity index (χ0v) is 9.37. The molecule has 0 aromatic carbocycles. The molecule has 0 aliphatic heterocycles. The number of ether oxygens (including phenoxy) is 1. The minimum atomic E-state index is -0.644. The normalized spacial score (nSPS) is 12.1. The summed E-state index contributed by atoms with van der Waals surface area (Å²) in [4.78, 5) is 22.4. The summed E-state index contributed by atoms with van der Waals surface area (Å²) in [5, 5.41) is 2.45. The Labute approximate surface area is 89.5 Å². The summed E-state index contributed by atoms with van der Waals surface area (Å²) >= 11 is 0. The fraction of sp³-hybridized carbons (Fsp3) is 0.778. The van der Waals surface area contributed by atoms with Crippen molar-refractivity contribution in [2.75, 3.05) is 6.61 Å². The molecular weight excluding hydrogens is 198 g/mol. The number of carbonyl (C=O) groups is 2. The van der Waals surface area contributed by atoms with Crippen LogP contribution in [0.2, 0.25) is 0 Å². The summed E-state index contributed by atoms with van der Waals surface area (Å²) in [5.74, 6) is 4.86. The van der Waals surface area contributed by atoms with E-state index in [1.807, 2.05) is 19.3 Å². The first-order valence-electron chi connectivity index (χ1n) is 4.95. The number of hydrazine groups is 1. The fourth-order valence-electron chi connectivity index (χ4n) is 1.12. The van der Waals surface area contributed by atoms with Crippen LogP contribution in [0.1, 0.15) is 27.2 Å². The quantitative estimate of drug-likeness (QED) is 0.347. The minimum absolute atomic E-state index is 0.268. The van der Waals surface area contributed by atoms with Crippen LogP contribution in [0.3, 0.4) is 0 Å². The van der Waals surface area contributed by atoms with Gasteiger partial charge in [0, 0.05) is 0 Å². The molecule has 1 atom stereocenters. The number of rotatable bonds is 5. The van der Waals surface area contributed by atoms with Crippen LogP contribution in [0.4, 0.5) is 4.79 Å². The lowest BCUT2D eigenvalue weighted by Gasteiger charge is -2.18. The first-order chi connectivity index (χ1) is 7.01. The Morgan fingerprint density at radius 2 is 2.00 bits per heavy atom. The van der Waals surface area contributed by atoms with Crippen LogP contribution in [0.15, 0.2) is 0 Å². The summed E-state index contributed by atoms with van der Waals surface area (Å²) in [6.45, 7) is 5.86. The number of hydrogen-bond acceptors (Lipinski definition) is 4. The molecule has 0 spiro atoms. The van der Waals surface area contributed by atoms with Gasteiger partial charge in [-0.3, -0.25) is 10.2 Å². The number of carbonyl (C=O) groups excluding carboxylic acids is 2. The molecule has 0 aromatic rings. The molecule has 0 rings (SSSR count). The van der Waals surface area contributed by atoms with Crippen LogP contribution in [0.5, 0.6) is 0 Å². The van der Waals surface area contributed by atoms with Crippen LogP contribution in [0.25, 0.3) is 0 Å². The van der Waals surface area contributed by atoms with Gasteiger partial charge < -0.3 is 10.1 Å². The van der Waals surface area contributed by atoms with Gasteiger partial charge in [-0.1, -0.05) is 13.8 Å². The molecule has 0 fully saturated rings. The lowest BCUT2D eigenvalue weighted by atomic mass is 10.0. The van der Waals surface area contributed by atoms with Gasteiger partial charge >= 0.3 is 6.09 Å². The van der Waals surface area contributed by atoms with Crippen molar-refractivity contribution in [1.82, 2.24) is 10.7 Å². The van der Waals surface area contributed by atoms with E-state index >= 15 is 0 Å².